The first-order valence-corrected chi connectivity index (χ1v) is 4.86. The summed E-state index contributed by atoms with van der Waals surface area (Å²) in [6.07, 6.45) is 2.07. The molecule has 0 rings (SSSR count). The summed E-state index contributed by atoms with van der Waals surface area (Å²) in [6, 6.07) is -0.757. The normalized spacial score (nSPS) is 13.7. The van der Waals surface area contributed by atoms with Crippen LogP contribution >= 0.6 is 0 Å². The molecule has 0 aromatic carbocycles. The lowest BCUT2D eigenvalue weighted by molar-refractivity contribution is -0.138. The van der Waals surface area contributed by atoms with E-state index in [0.29, 0.717) is 18.8 Å². The van der Waals surface area contributed by atoms with Crippen LogP contribution < -0.4 is 11.2 Å². The van der Waals surface area contributed by atoms with Crippen LogP contribution in [0.1, 0.15) is 26.2 Å². The van der Waals surface area contributed by atoms with E-state index < -0.39 is 12.0 Å². The van der Waals surface area contributed by atoms with E-state index in [-0.39, 0.29) is 0 Å². The Labute approximate surface area is 89.5 Å². The highest BCUT2D eigenvalue weighted by Gasteiger charge is 2.09. The van der Waals surface area contributed by atoms with E-state index in [2.05, 4.69) is 15.3 Å². The predicted octanol–water partition coefficient (Wildman–Crippen LogP) is 0.138. The van der Waals surface area contributed by atoms with Crippen molar-refractivity contribution >= 4 is 11.8 Å². The smallest absolute Gasteiger partial charge is 0.320 e. The molecule has 0 spiro atoms. The minimum Gasteiger partial charge on any atom is -0.480 e. The van der Waals surface area contributed by atoms with Gasteiger partial charge in [-0.15, -0.1) is 0 Å². The molecule has 0 aromatic heterocycles. The topological polar surface area (TPSA) is 96.9 Å². The van der Waals surface area contributed by atoms with E-state index >= 15 is 0 Å². The van der Waals surface area contributed by atoms with Crippen molar-refractivity contribution in [1.82, 2.24) is 5.48 Å². The lowest BCUT2D eigenvalue weighted by Crippen LogP contribution is -2.29. The van der Waals surface area contributed by atoms with Crippen molar-refractivity contribution in [1.29, 1.82) is 0 Å². The molecule has 0 aliphatic carbocycles. The Bertz CT molecular complexity index is 219. The van der Waals surface area contributed by atoms with E-state index in [4.69, 9.17) is 10.8 Å². The molecule has 0 fully saturated rings. The number of hydrogen-bond acceptors (Lipinski definition) is 4. The van der Waals surface area contributed by atoms with Crippen LogP contribution in [-0.2, 0) is 9.63 Å². The van der Waals surface area contributed by atoms with Gasteiger partial charge in [-0.2, -0.15) is 0 Å². The van der Waals surface area contributed by atoms with Gasteiger partial charge in [0.05, 0.1) is 7.11 Å². The van der Waals surface area contributed by atoms with E-state index in [0.717, 1.165) is 12.8 Å². The summed E-state index contributed by atoms with van der Waals surface area (Å²) < 4.78 is 0. The minimum absolute atomic E-state index is 0.488. The third-order valence-electron chi connectivity index (χ3n) is 1.84. The van der Waals surface area contributed by atoms with Crippen LogP contribution in [0.25, 0.3) is 0 Å². The zero-order chi connectivity index (χ0) is 11.7. The lowest BCUT2D eigenvalue weighted by Gasteiger charge is -2.05. The average molecular weight is 217 g/mol. The molecule has 0 aliphatic rings. The van der Waals surface area contributed by atoms with Gasteiger partial charge in [-0.3, -0.25) is 20.1 Å². The number of hydrogen-bond donors (Lipinski definition) is 3. The second kappa shape index (κ2) is 8.19. The molecule has 0 radical (unpaired) electrons. The van der Waals surface area contributed by atoms with Crippen molar-refractivity contribution < 1.29 is 14.7 Å². The number of aliphatic imine (C=N–C) groups is 1. The summed E-state index contributed by atoms with van der Waals surface area (Å²) in [5, 5.41) is 8.52. The highest BCUT2D eigenvalue weighted by Crippen LogP contribution is 1.99. The van der Waals surface area contributed by atoms with Crippen LogP contribution in [0, 0.1) is 0 Å². The molecular weight excluding hydrogens is 198 g/mol. The minimum atomic E-state index is -0.948. The monoisotopic (exact) mass is 217 g/mol. The average Bonchev–Trinajstić information content (AvgIpc) is 2.17. The number of carboxylic acids is 1. The Kier molecular flexibility index (Phi) is 7.57. The first-order valence-electron chi connectivity index (χ1n) is 4.86. The maximum absolute atomic E-state index is 10.4. The molecule has 0 aliphatic heterocycles. The fraction of sp³-hybridized carbons (Fsp3) is 0.778. The van der Waals surface area contributed by atoms with Gasteiger partial charge in [-0.05, 0) is 26.2 Å². The summed E-state index contributed by atoms with van der Waals surface area (Å²) in [5.41, 5.74) is 7.93. The molecule has 6 nitrogen and oxygen atoms in total. The number of amidine groups is 1. The Balaban J connectivity index is 3.47. The van der Waals surface area contributed by atoms with Gasteiger partial charge in [0.2, 0.25) is 0 Å². The quantitative estimate of drug-likeness (QED) is 0.244. The number of nitrogens with one attached hydrogen (secondary N) is 1. The fourth-order valence-corrected chi connectivity index (χ4v) is 1.03. The SMILES string of the molecule is CONC(C)=NCCCC[C@H](N)C(=O)O. The number of carboxylic acid groups (broad SMARTS) is 1. The molecule has 0 aromatic rings. The summed E-state index contributed by atoms with van der Waals surface area (Å²) in [7, 11) is 1.52. The Morgan fingerprint density at radius 2 is 2.27 bits per heavy atom. The number of unbranched alkanes of at least 4 members (excludes halogenated alkanes) is 1. The number of carbonyl (C=O) groups is 1. The van der Waals surface area contributed by atoms with Crippen LogP contribution in [0.3, 0.4) is 0 Å². The van der Waals surface area contributed by atoms with Crippen molar-refractivity contribution in [2.75, 3.05) is 13.7 Å². The molecule has 0 amide bonds. The van der Waals surface area contributed by atoms with Gasteiger partial charge in [0.1, 0.15) is 11.9 Å². The van der Waals surface area contributed by atoms with Crippen molar-refractivity contribution in [3.8, 4) is 0 Å². The van der Waals surface area contributed by atoms with Crippen LogP contribution in [-0.4, -0.2) is 36.6 Å². The van der Waals surface area contributed by atoms with Crippen LogP contribution in [0.5, 0.6) is 0 Å². The molecule has 0 heterocycles. The first-order chi connectivity index (χ1) is 7.07. The van der Waals surface area contributed by atoms with Gasteiger partial charge in [-0.1, -0.05) is 0 Å². The van der Waals surface area contributed by atoms with Crippen LogP contribution in [0.2, 0.25) is 0 Å². The number of hydroxylamine groups is 1. The van der Waals surface area contributed by atoms with Crippen molar-refractivity contribution in [3.05, 3.63) is 0 Å². The molecule has 0 bridgehead atoms. The molecule has 15 heavy (non-hydrogen) atoms. The number of nitrogens with zero attached hydrogens (tertiary/aromatic N) is 1. The summed E-state index contributed by atoms with van der Waals surface area (Å²) in [6.45, 7) is 2.45. The zero-order valence-electron chi connectivity index (χ0n) is 9.19. The van der Waals surface area contributed by atoms with E-state index in [9.17, 15) is 4.79 Å². The van der Waals surface area contributed by atoms with E-state index in [1.807, 2.05) is 0 Å². The fourth-order valence-electron chi connectivity index (χ4n) is 1.03. The van der Waals surface area contributed by atoms with E-state index in [1.54, 1.807) is 6.92 Å². The van der Waals surface area contributed by atoms with E-state index in [1.165, 1.54) is 7.11 Å². The molecular formula is C9H19N3O3. The second-order valence-electron chi connectivity index (χ2n) is 3.21. The highest BCUT2D eigenvalue weighted by molar-refractivity contribution is 5.78. The third-order valence-corrected chi connectivity index (χ3v) is 1.84. The molecule has 1 atom stereocenters. The molecule has 4 N–H and O–H groups in total. The molecule has 0 saturated heterocycles. The maximum Gasteiger partial charge on any atom is 0.320 e. The van der Waals surface area contributed by atoms with Crippen molar-refractivity contribution in [2.24, 2.45) is 10.7 Å². The van der Waals surface area contributed by atoms with Gasteiger partial charge < -0.3 is 10.8 Å². The number of rotatable bonds is 7. The third kappa shape index (κ3) is 7.90. The molecule has 6 heteroatoms. The highest BCUT2D eigenvalue weighted by atomic mass is 16.6. The first kappa shape index (κ1) is 13.9. The van der Waals surface area contributed by atoms with Gasteiger partial charge in [-0.25, -0.2) is 0 Å². The summed E-state index contributed by atoms with van der Waals surface area (Å²) in [5.74, 6) is -0.240. The molecule has 0 unspecified atom stereocenters. The Morgan fingerprint density at radius 1 is 1.60 bits per heavy atom. The number of nitrogens with two attached hydrogens (primary N) is 1. The number of aliphatic carboxylic acids is 1. The summed E-state index contributed by atoms with van der Waals surface area (Å²) in [4.78, 5) is 19.2. The summed E-state index contributed by atoms with van der Waals surface area (Å²) >= 11 is 0. The van der Waals surface area contributed by atoms with Gasteiger partial charge in [0.15, 0.2) is 0 Å². The predicted molar refractivity (Wildman–Crippen MR) is 57.6 cm³/mol. The van der Waals surface area contributed by atoms with Gasteiger partial charge >= 0.3 is 5.97 Å². The molecule has 0 saturated carbocycles. The van der Waals surface area contributed by atoms with Crippen LogP contribution in [0.15, 0.2) is 4.99 Å². The van der Waals surface area contributed by atoms with Gasteiger partial charge in [0, 0.05) is 6.54 Å². The standard InChI is InChI=1S/C9H19N3O3/c1-7(12-15-2)11-6-4-3-5-8(10)9(13)14/h8H,3-6,10H2,1-2H3,(H,11,12)(H,13,14)/t8-/m0/s1. The largest absolute Gasteiger partial charge is 0.480 e. The Morgan fingerprint density at radius 3 is 2.80 bits per heavy atom. The maximum atomic E-state index is 10.4. The second-order valence-corrected chi connectivity index (χ2v) is 3.21. The lowest BCUT2D eigenvalue weighted by atomic mass is 10.1. The molecule has 88 valence electrons. The Hall–Kier alpha value is -1.14. The van der Waals surface area contributed by atoms with Crippen molar-refractivity contribution in [3.63, 3.8) is 0 Å². The van der Waals surface area contributed by atoms with Crippen molar-refractivity contribution in [2.45, 2.75) is 32.2 Å². The van der Waals surface area contributed by atoms with Gasteiger partial charge in [0.25, 0.3) is 0 Å². The van der Waals surface area contributed by atoms with Crippen LogP contribution in [0.4, 0.5) is 0 Å². The zero-order valence-corrected chi connectivity index (χ0v) is 9.19.